The zero-order valence-corrected chi connectivity index (χ0v) is 18.2. The molecule has 3 heterocycles. The maximum Gasteiger partial charge on any atom is 0.335 e. The molecule has 162 valence electrons. The average molecular weight is 442 g/mol. The first kappa shape index (κ1) is 21.1. The molecule has 3 aromatic rings. The van der Waals surface area contributed by atoms with Gasteiger partial charge in [0.05, 0.1) is 11.7 Å². The molecule has 2 N–H and O–H groups in total. The fourth-order valence-electron chi connectivity index (χ4n) is 3.85. The third kappa shape index (κ3) is 4.06. The molecule has 0 spiro atoms. The summed E-state index contributed by atoms with van der Waals surface area (Å²) < 4.78 is 3.13. The number of benzene rings is 1. The number of likely N-dealkylation sites (tertiary alicyclic amines) is 1. The number of anilines is 1. The molecular formula is C21H24ClN7O2. The number of amides is 1. The van der Waals surface area contributed by atoms with E-state index in [1.54, 1.807) is 39.8 Å². The van der Waals surface area contributed by atoms with Crippen LogP contribution in [0.15, 0.2) is 47.5 Å². The number of carbonyl (C=O) groups excluding carboxylic acids is 1. The molecule has 1 aliphatic heterocycles. The Balaban J connectivity index is 1.71. The van der Waals surface area contributed by atoms with Crippen molar-refractivity contribution in [2.45, 2.75) is 12.5 Å². The summed E-state index contributed by atoms with van der Waals surface area (Å²) in [7, 11) is 3.88. The van der Waals surface area contributed by atoms with Crippen LogP contribution in [-0.2, 0) is 4.79 Å². The van der Waals surface area contributed by atoms with Crippen molar-refractivity contribution in [1.82, 2.24) is 28.9 Å². The van der Waals surface area contributed by atoms with Crippen molar-refractivity contribution in [2.24, 2.45) is 0 Å². The highest BCUT2D eigenvalue weighted by atomic mass is 35.5. The van der Waals surface area contributed by atoms with Crippen LogP contribution >= 0.6 is 11.6 Å². The smallest absolute Gasteiger partial charge is 0.335 e. The van der Waals surface area contributed by atoms with Crippen LogP contribution in [-0.4, -0.2) is 68.5 Å². The number of likely N-dealkylation sites (N-methyl/N-ethyl adjacent to an activating group) is 1. The van der Waals surface area contributed by atoms with Gasteiger partial charge < -0.3 is 15.5 Å². The van der Waals surface area contributed by atoms with Crippen LogP contribution in [0.3, 0.4) is 0 Å². The van der Waals surface area contributed by atoms with E-state index in [0.717, 1.165) is 0 Å². The fourth-order valence-corrected chi connectivity index (χ4v) is 3.97. The first-order valence-corrected chi connectivity index (χ1v) is 10.3. The molecule has 0 saturated carbocycles. The zero-order chi connectivity index (χ0) is 22.1. The van der Waals surface area contributed by atoms with Crippen molar-refractivity contribution < 1.29 is 4.79 Å². The van der Waals surface area contributed by atoms with E-state index in [-0.39, 0.29) is 23.5 Å². The zero-order valence-electron chi connectivity index (χ0n) is 17.4. The maximum atomic E-state index is 13.5. The summed E-state index contributed by atoms with van der Waals surface area (Å²) in [6, 6.07) is 6.72. The van der Waals surface area contributed by atoms with Crippen molar-refractivity contribution in [3.8, 4) is 5.69 Å². The molecule has 1 atom stereocenters. The summed E-state index contributed by atoms with van der Waals surface area (Å²) in [4.78, 5) is 38.2. The number of hydrogen-bond donors (Lipinski definition) is 1. The fraction of sp³-hybridized carbons (Fsp3) is 0.333. The van der Waals surface area contributed by atoms with Crippen LogP contribution in [0.2, 0.25) is 5.02 Å². The van der Waals surface area contributed by atoms with E-state index in [1.807, 2.05) is 25.1 Å². The molecule has 1 aliphatic rings. The third-order valence-corrected chi connectivity index (χ3v) is 5.59. The van der Waals surface area contributed by atoms with Crippen LogP contribution in [0.25, 0.3) is 16.9 Å². The summed E-state index contributed by atoms with van der Waals surface area (Å²) in [5.41, 5.74) is 7.39. The van der Waals surface area contributed by atoms with Gasteiger partial charge in [-0.15, -0.1) is 0 Å². The van der Waals surface area contributed by atoms with Crippen molar-refractivity contribution >= 4 is 34.5 Å². The van der Waals surface area contributed by atoms with Gasteiger partial charge in [-0.3, -0.25) is 13.9 Å². The molecule has 1 fully saturated rings. The van der Waals surface area contributed by atoms with Crippen molar-refractivity contribution in [1.29, 1.82) is 0 Å². The van der Waals surface area contributed by atoms with Gasteiger partial charge in [0.1, 0.15) is 11.8 Å². The van der Waals surface area contributed by atoms with Crippen molar-refractivity contribution in [3.05, 3.63) is 58.3 Å². The molecule has 4 rings (SSSR count). The van der Waals surface area contributed by atoms with Crippen LogP contribution < -0.4 is 11.4 Å². The minimum Gasteiger partial charge on any atom is -0.382 e. The van der Waals surface area contributed by atoms with Crippen molar-refractivity contribution in [3.63, 3.8) is 0 Å². The van der Waals surface area contributed by atoms with Crippen molar-refractivity contribution in [2.75, 3.05) is 39.5 Å². The highest BCUT2D eigenvalue weighted by Gasteiger charge is 2.31. The second-order valence-corrected chi connectivity index (χ2v) is 8.22. The number of nitrogens with zero attached hydrogens (tertiary/aromatic N) is 6. The van der Waals surface area contributed by atoms with Gasteiger partial charge in [-0.1, -0.05) is 17.7 Å². The molecule has 9 nitrogen and oxygen atoms in total. The molecule has 0 aliphatic carbocycles. The number of aromatic nitrogens is 4. The second kappa shape index (κ2) is 8.52. The maximum absolute atomic E-state index is 13.5. The van der Waals surface area contributed by atoms with E-state index in [4.69, 9.17) is 17.3 Å². The number of halogens is 1. The van der Waals surface area contributed by atoms with E-state index < -0.39 is 0 Å². The number of fused-ring (bicyclic) bond motifs is 1. The largest absolute Gasteiger partial charge is 0.382 e. The Labute approximate surface area is 184 Å². The van der Waals surface area contributed by atoms with Gasteiger partial charge >= 0.3 is 5.69 Å². The summed E-state index contributed by atoms with van der Waals surface area (Å²) in [6.07, 6.45) is 5.42. The van der Waals surface area contributed by atoms with Crippen LogP contribution in [0.4, 0.5) is 5.82 Å². The first-order chi connectivity index (χ1) is 14.9. The number of nitrogens with two attached hydrogens (primary N) is 1. The number of rotatable bonds is 5. The Kier molecular flexibility index (Phi) is 5.79. The Hall–Kier alpha value is -3.17. The summed E-state index contributed by atoms with van der Waals surface area (Å²) in [6.45, 7) is 1.68. The monoisotopic (exact) mass is 441 g/mol. The molecule has 1 amide bonds. The highest BCUT2D eigenvalue weighted by molar-refractivity contribution is 6.30. The topological polar surface area (TPSA) is 102 Å². The lowest BCUT2D eigenvalue weighted by Gasteiger charge is -2.15. The molecule has 0 radical (unpaired) electrons. The van der Waals surface area contributed by atoms with E-state index in [0.29, 0.717) is 47.9 Å². The van der Waals surface area contributed by atoms with Gasteiger partial charge in [0.2, 0.25) is 5.91 Å². The number of nitrogen functional groups attached to an aromatic ring is 1. The van der Waals surface area contributed by atoms with Gasteiger partial charge in [0, 0.05) is 30.7 Å². The molecule has 31 heavy (non-hydrogen) atoms. The minimum atomic E-state index is -0.271. The molecule has 10 heteroatoms. The normalized spacial score (nSPS) is 16.8. The lowest BCUT2D eigenvalue weighted by Crippen LogP contribution is -2.31. The Bertz CT molecular complexity index is 1200. The molecule has 2 aromatic heterocycles. The van der Waals surface area contributed by atoms with E-state index >= 15 is 0 Å². The molecule has 0 unspecified atom stereocenters. The van der Waals surface area contributed by atoms with Gasteiger partial charge in [-0.25, -0.2) is 14.8 Å². The Morgan fingerprint density at radius 3 is 2.74 bits per heavy atom. The van der Waals surface area contributed by atoms with Crippen LogP contribution in [0.1, 0.15) is 12.5 Å². The van der Waals surface area contributed by atoms with E-state index in [1.165, 1.54) is 10.9 Å². The summed E-state index contributed by atoms with van der Waals surface area (Å²) in [5, 5.41) is 0.567. The molecule has 1 saturated heterocycles. The minimum absolute atomic E-state index is 0.0621. The summed E-state index contributed by atoms with van der Waals surface area (Å²) >= 11 is 6.01. The third-order valence-electron chi connectivity index (χ3n) is 5.34. The Morgan fingerprint density at radius 2 is 2.03 bits per heavy atom. The molecule has 0 bridgehead atoms. The molecule has 1 aromatic carbocycles. The van der Waals surface area contributed by atoms with E-state index in [2.05, 4.69) is 9.97 Å². The highest BCUT2D eigenvalue weighted by Crippen LogP contribution is 2.27. The predicted molar refractivity (Wildman–Crippen MR) is 120 cm³/mol. The van der Waals surface area contributed by atoms with Gasteiger partial charge in [0.25, 0.3) is 0 Å². The average Bonchev–Trinajstić information content (AvgIpc) is 3.31. The number of imidazole rings is 1. The van der Waals surface area contributed by atoms with Crippen LogP contribution in [0, 0.1) is 0 Å². The second-order valence-electron chi connectivity index (χ2n) is 7.79. The van der Waals surface area contributed by atoms with Gasteiger partial charge in [0.15, 0.2) is 11.5 Å². The lowest BCUT2D eigenvalue weighted by atomic mass is 10.2. The predicted octanol–water partition coefficient (Wildman–Crippen LogP) is 1.71. The first-order valence-electron chi connectivity index (χ1n) is 9.96. The van der Waals surface area contributed by atoms with Crippen LogP contribution in [0.5, 0.6) is 0 Å². The van der Waals surface area contributed by atoms with E-state index in [9.17, 15) is 9.59 Å². The standard InChI is InChI=1S/C21H24ClN7O2/c1-26(2)10-3-4-17(30)27-11-9-16(12-27)29-20-18(19(23)24-13-25-20)28(21(29)31)15-7-5-14(22)6-8-15/h3-8,13,16H,9-12H2,1-2H3,(H2,23,24,25)/t16-/m1/s1. The quantitative estimate of drug-likeness (QED) is 0.605. The number of hydrogen-bond acceptors (Lipinski definition) is 6. The van der Waals surface area contributed by atoms with Gasteiger partial charge in [-0.05, 0) is 44.8 Å². The van der Waals surface area contributed by atoms with Gasteiger partial charge in [-0.2, -0.15) is 0 Å². The molecular weight excluding hydrogens is 418 g/mol. The Morgan fingerprint density at radius 1 is 1.29 bits per heavy atom. The number of carbonyl (C=O) groups is 1. The SMILES string of the molecule is CN(C)CC=CC(=O)N1CC[C@@H](n2c(=O)n(-c3ccc(Cl)cc3)c3c(N)ncnc32)C1. The summed E-state index contributed by atoms with van der Waals surface area (Å²) in [5.74, 6) is 0.154. The lowest BCUT2D eigenvalue weighted by molar-refractivity contribution is -0.125.